The van der Waals surface area contributed by atoms with Crippen molar-refractivity contribution in [2.24, 2.45) is 7.05 Å². The SMILES string of the molecule is Cc1cc(COc2ccc(C#N)c(F)c2)n(C)n1. The summed E-state index contributed by atoms with van der Waals surface area (Å²) in [7, 11) is 1.82. The van der Waals surface area contributed by atoms with Gasteiger partial charge >= 0.3 is 0 Å². The van der Waals surface area contributed by atoms with Crippen molar-refractivity contribution in [2.75, 3.05) is 0 Å². The number of hydrogen-bond acceptors (Lipinski definition) is 3. The van der Waals surface area contributed by atoms with Gasteiger partial charge in [-0.15, -0.1) is 0 Å². The molecule has 0 fully saturated rings. The summed E-state index contributed by atoms with van der Waals surface area (Å²) in [6.07, 6.45) is 0. The topological polar surface area (TPSA) is 50.8 Å². The van der Waals surface area contributed by atoms with Crippen LogP contribution in [0.25, 0.3) is 0 Å². The van der Waals surface area contributed by atoms with Crippen LogP contribution in [0.15, 0.2) is 24.3 Å². The third-order valence-electron chi connectivity index (χ3n) is 2.55. The highest BCUT2D eigenvalue weighted by molar-refractivity contribution is 5.36. The van der Waals surface area contributed by atoms with Crippen molar-refractivity contribution in [3.63, 3.8) is 0 Å². The van der Waals surface area contributed by atoms with E-state index in [4.69, 9.17) is 10.00 Å². The van der Waals surface area contributed by atoms with Gasteiger partial charge in [-0.1, -0.05) is 0 Å². The zero-order valence-corrected chi connectivity index (χ0v) is 10.1. The maximum Gasteiger partial charge on any atom is 0.144 e. The van der Waals surface area contributed by atoms with Crippen molar-refractivity contribution in [3.05, 3.63) is 47.0 Å². The maximum atomic E-state index is 13.3. The van der Waals surface area contributed by atoms with E-state index < -0.39 is 5.82 Å². The third kappa shape index (κ3) is 2.48. The number of ether oxygens (including phenoxy) is 1. The molecule has 0 amide bonds. The number of aromatic nitrogens is 2. The molecule has 0 aliphatic heterocycles. The minimum Gasteiger partial charge on any atom is -0.487 e. The van der Waals surface area contributed by atoms with Crippen LogP contribution in [0.4, 0.5) is 4.39 Å². The lowest BCUT2D eigenvalue weighted by Crippen LogP contribution is -2.03. The number of nitriles is 1. The molecule has 0 saturated heterocycles. The molecule has 2 aromatic rings. The van der Waals surface area contributed by atoms with E-state index in [0.29, 0.717) is 12.4 Å². The Morgan fingerprint density at radius 1 is 1.44 bits per heavy atom. The molecule has 1 aromatic heterocycles. The van der Waals surface area contributed by atoms with Crippen molar-refractivity contribution in [1.29, 1.82) is 5.26 Å². The maximum absolute atomic E-state index is 13.3. The van der Waals surface area contributed by atoms with Crippen molar-refractivity contribution in [2.45, 2.75) is 13.5 Å². The predicted molar refractivity (Wildman–Crippen MR) is 63.4 cm³/mol. The van der Waals surface area contributed by atoms with Gasteiger partial charge in [0.1, 0.15) is 24.2 Å². The number of benzene rings is 1. The summed E-state index contributed by atoms with van der Waals surface area (Å²) in [6, 6.07) is 7.85. The molecule has 92 valence electrons. The first-order valence-electron chi connectivity index (χ1n) is 5.42. The van der Waals surface area contributed by atoms with Crippen molar-refractivity contribution in [1.82, 2.24) is 9.78 Å². The van der Waals surface area contributed by atoms with E-state index in [2.05, 4.69) is 5.10 Å². The van der Waals surface area contributed by atoms with Crippen molar-refractivity contribution < 1.29 is 9.13 Å². The lowest BCUT2D eigenvalue weighted by atomic mass is 10.2. The first kappa shape index (κ1) is 12.1. The Morgan fingerprint density at radius 2 is 2.22 bits per heavy atom. The zero-order chi connectivity index (χ0) is 13.1. The fourth-order valence-electron chi connectivity index (χ4n) is 1.63. The van der Waals surface area contributed by atoms with Crippen LogP contribution >= 0.6 is 0 Å². The zero-order valence-electron chi connectivity index (χ0n) is 10.1. The molecule has 0 radical (unpaired) electrons. The molecule has 0 N–H and O–H groups in total. The minimum atomic E-state index is -0.573. The Labute approximate surface area is 104 Å². The smallest absolute Gasteiger partial charge is 0.144 e. The first-order chi connectivity index (χ1) is 8.60. The average molecular weight is 245 g/mol. The van der Waals surface area contributed by atoms with E-state index in [9.17, 15) is 4.39 Å². The molecule has 0 atom stereocenters. The largest absolute Gasteiger partial charge is 0.487 e. The Morgan fingerprint density at radius 3 is 2.78 bits per heavy atom. The quantitative estimate of drug-likeness (QED) is 0.833. The summed E-state index contributed by atoms with van der Waals surface area (Å²) in [6.45, 7) is 2.20. The van der Waals surface area contributed by atoms with Gasteiger partial charge in [-0.3, -0.25) is 4.68 Å². The van der Waals surface area contributed by atoms with Gasteiger partial charge in [-0.25, -0.2) is 4.39 Å². The second kappa shape index (κ2) is 4.88. The molecular weight excluding hydrogens is 233 g/mol. The Bertz CT molecular complexity index is 613. The lowest BCUT2D eigenvalue weighted by molar-refractivity contribution is 0.293. The lowest BCUT2D eigenvalue weighted by Gasteiger charge is -2.06. The molecule has 1 aromatic carbocycles. The fraction of sp³-hybridized carbons (Fsp3) is 0.231. The van der Waals surface area contributed by atoms with Gasteiger partial charge in [-0.05, 0) is 25.1 Å². The Balaban J connectivity index is 2.09. The van der Waals surface area contributed by atoms with Gasteiger partial charge in [-0.2, -0.15) is 10.4 Å². The van der Waals surface area contributed by atoms with E-state index in [1.165, 1.54) is 12.1 Å². The van der Waals surface area contributed by atoms with Crippen LogP contribution < -0.4 is 4.74 Å². The second-order valence-electron chi connectivity index (χ2n) is 3.94. The molecular formula is C13H12FN3O. The number of rotatable bonds is 3. The molecule has 0 saturated carbocycles. The van der Waals surface area contributed by atoms with E-state index >= 15 is 0 Å². The number of nitrogens with zero attached hydrogens (tertiary/aromatic N) is 3. The summed E-state index contributed by atoms with van der Waals surface area (Å²) >= 11 is 0. The van der Waals surface area contributed by atoms with Crippen LogP contribution in [-0.4, -0.2) is 9.78 Å². The summed E-state index contributed by atoms with van der Waals surface area (Å²) in [5.74, 6) is -0.179. The summed E-state index contributed by atoms with van der Waals surface area (Å²) < 4.78 is 20.5. The fourth-order valence-corrected chi connectivity index (χ4v) is 1.63. The molecule has 1 heterocycles. The van der Waals surface area contributed by atoms with E-state index in [-0.39, 0.29) is 5.56 Å². The van der Waals surface area contributed by atoms with Gasteiger partial charge in [0, 0.05) is 13.1 Å². The second-order valence-corrected chi connectivity index (χ2v) is 3.94. The van der Waals surface area contributed by atoms with Gasteiger partial charge in [0.2, 0.25) is 0 Å². The Kier molecular flexibility index (Phi) is 3.28. The number of aryl methyl sites for hydroxylation is 2. The van der Waals surface area contributed by atoms with Crippen molar-refractivity contribution in [3.8, 4) is 11.8 Å². The highest BCUT2D eigenvalue weighted by atomic mass is 19.1. The summed E-state index contributed by atoms with van der Waals surface area (Å²) in [5, 5.41) is 12.8. The van der Waals surface area contributed by atoms with Crippen LogP contribution in [0.1, 0.15) is 17.0 Å². The highest BCUT2D eigenvalue weighted by Crippen LogP contribution is 2.17. The normalized spacial score (nSPS) is 10.1. The molecule has 4 nitrogen and oxygen atoms in total. The van der Waals surface area contributed by atoms with Gasteiger partial charge in [0.25, 0.3) is 0 Å². The summed E-state index contributed by atoms with van der Waals surface area (Å²) in [5.41, 5.74) is 1.82. The first-order valence-corrected chi connectivity index (χ1v) is 5.42. The number of hydrogen-bond donors (Lipinski definition) is 0. The van der Waals surface area contributed by atoms with E-state index in [1.807, 2.05) is 20.0 Å². The van der Waals surface area contributed by atoms with Gasteiger partial charge < -0.3 is 4.74 Å². The third-order valence-corrected chi connectivity index (χ3v) is 2.55. The molecule has 0 aliphatic rings. The molecule has 18 heavy (non-hydrogen) atoms. The monoisotopic (exact) mass is 245 g/mol. The highest BCUT2D eigenvalue weighted by Gasteiger charge is 2.06. The van der Waals surface area contributed by atoms with E-state index in [1.54, 1.807) is 16.8 Å². The van der Waals surface area contributed by atoms with Crippen LogP contribution in [-0.2, 0) is 13.7 Å². The molecule has 5 heteroatoms. The predicted octanol–water partition coefficient (Wildman–Crippen LogP) is 2.32. The van der Waals surface area contributed by atoms with Crippen LogP contribution in [0, 0.1) is 24.1 Å². The van der Waals surface area contributed by atoms with E-state index in [0.717, 1.165) is 11.4 Å². The Hall–Kier alpha value is -2.35. The molecule has 0 unspecified atom stereocenters. The molecule has 2 rings (SSSR count). The molecule has 0 bridgehead atoms. The summed E-state index contributed by atoms with van der Waals surface area (Å²) in [4.78, 5) is 0. The van der Waals surface area contributed by atoms with Gasteiger partial charge in [0.15, 0.2) is 0 Å². The van der Waals surface area contributed by atoms with Crippen LogP contribution in [0.3, 0.4) is 0 Å². The molecule has 0 aliphatic carbocycles. The average Bonchev–Trinajstić information content (AvgIpc) is 2.65. The number of halogens is 1. The molecule has 0 spiro atoms. The van der Waals surface area contributed by atoms with Crippen molar-refractivity contribution >= 4 is 0 Å². The van der Waals surface area contributed by atoms with Gasteiger partial charge in [0.05, 0.1) is 17.0 Å². The van der Waals surface area contributed by atoms with Crippen LogP contribution in [0.5, 0.6) is 5.75 Å². The minimum absolute atomic E-state index is 0.0127. The van der Waals surface area contributed by atoms with Crippen LogP contribution in [0.2, 0.25) is 0 Å². The standard InChI is InChI=1S/C13H12FN3O/c1-9-5-11(17(2)16-9)8-18-12-4-3-10(7-15)13(14)6-12/h3-6H,8H2,1-2H3.